The topological polar surface area (TPSA) is 116 Å². The van der Waals surface area contributed by atoms with E-state index >= 15 is 0 Å². The Bertz CT molecular complexity index is 2460. The van der Waals surface area contributed by atoms with E-state index in [0.717, 1.165) is 46.2 Å². The molecule has 0 spiro atoms. The van der Waals surface area contributed by atoms with Crippen LogP contribution in [0.2, 0.25) is 19.8 Å². The van der Waals surface area contributed by atoms with E-state index in [1.807, 2.05) is 0 Å². The van der Waals surface area contributed by atoms with Crippen molar-refractivity contribution in [3.63, 3.8) is 0 Å². The van der Waals surface area contributed by atoms with Crippen molar-refractivity contribution < 1.29 is 33.8 Å². The summed E-state index contributed by atoms with van der Waals surface area (Å²) in [4.78, 5) is 62.1. The number of nitrogens with one attached hydrogen (secondary N) is 4. The van der Waals surface area contributed by atoms with Gasteiger partial charge in [-0.2, -0.15) is 0 Å². The maximum atomic E-state index is 13.0. The first-order valence-electron chi connectivity index (χ1n) is 20.3. The normalized spacial score (nSPS) is 17.0. The number of hydrogen-bond donors (Lipinski definition) is 4. The Morgan fingerprint density at radius 1 is 0.542 bits per heavy atom. The molecule has 11 heteroatoms. The molecule has 0 fully saturated rings. The summed E-state index contributed by atoms with van der Waals surface area (Å²) in [5.74, 6) is -0.698. The van der Waals surface area contributed by atoms with Crippen molar-refractivity contribution in [3.8, 4) is 22.3 Å². The second-order valence-corrected chi connectivity index (χ2v) is 148. The number of carbonyl (C=O) groups is 4. The quantitative estimate of drug-likeness (QED) is 0.118. The molecule has 298 valence electrons. The Morgan fingerprint density at radius 3 is 1.25 bits per heavy atom. The van der Waals surface area contributed by atoms with Gasteiger partial charge in [0.15, 0.2) is 0 Å². The van der Waals surface area contributed by atoms with Crippen LogP contribution in [-0.2, 0) is 33.8 Å². The van der Waals surface area contributed by atoms with Crippen LogP contribution in [0.5, 0.6) is 0 Å². The third-order valence-electron chi connectivity index (χ3n) is 11.9. The zero-order chi connectivity index (χ0) is 42.0. The van der Waals surface area contributed by atoms with Gasteiger partial charge in [-0.15, -0.1) is 0 Å². The Kier molecular flexibility index (Phi) is 11.5. The van der Waals surface area contributed by atoms with E-state index in [-0.39, 0.29) is 31.5 Å². The van der Waals surface area contributed by atoms with Crippen LogP contribution in [0, 0.1) is 0 Å². The van der Waals surface area contributed by atoms with Gasteiger partial charge in [0, 0.05) is 0 Å². The Morgan fingerprint density at radius 2 is 0.915 bits per heavy atom. The Labute approximate surface area is 357 Å². The zero-order valence-electron chi connectivity index (χ0n) is 34.9. The van der Waals surface area contributed by atoms with Gasteiger partial charge in [0.1, 0.15) is 0 Å². The van der Waals surface area contributed by atoms with Gasteiger partial charge in [-0.3, -0.25) is 0 Å². The van der Waals surface area contributed by atoms with Crippen LogP contribution in [0.4, 0.5) is 22.7 Å². The van der Waals surface area contributed by atoms with Gasteiger partial charge < -0.3 is 0 Å². The first kappa shape index (κ1) is 41.9. The van der Waals surface area contributed by atoms with Crippen LogP contribution in [-0.4, -0.2) is 51.5 Å². The van der Waals surface area contributed by atoms with Crippen LogP contribution in [0.15, 0.2) is 97.1 Å². The fraction of sp³-hybridized carbons (Fsp3) is 0.250. The van der Waals surface area contributed by atoms with Gasteiger partial charge in [0.2, 0.25) is 0 Å². The standard InChI is InChI=1S/2C22H19N2O2.4CH3.Hf.2Sn/c2*1-13(25)23-20-12-18-17-10-6-5-9-16(17)11-19(18)21(15-7-3-4-8-15)22(20)24-14(2)26;;;;;;;/h2*3-7,9-12H,8H2,1-2H3,(H,23,25)(H,24,26);4*1H3;;;. The molecule has 0 radical (unpaired) electrons. The molecule has 4 amide bonds. The third-order valence-corrected chi connectivity index (χ3v) is 274. The number of rotatable bonds is 10. The van der Waals surface area contributed by atoms with Crippen molar-refractivity contribution in [1.82, 2.24) is 0 Å². The summed E-state index contributed by atoms with van der Waals surface area (Å²) in [6.07, 6.45) is 14.4. The van der Waals surface area contributed by atoms with Crippen molar-refractivity contribution in [2.24, 2.45) is 0 Å². The molecule has 4 aromatic rings. The summed E-state index contributed by atoms with van der Waals surface area (Å²) in [5, 5.41) is 12.6. The van der Waals surface area contributed by atoms with Crippen molar-refractivity contribution in [2.75, 3.05) is 21.3 Å². The minimum absolute atomic E-state index is 0.170. The van der Waals surface area contributed by atoms with E-state index < -0.39 is 42.5 Å². The number of hydrogen-bond acceptors (Lipinski definition) is 4. The van der Waals surface area contributed by atoms with Crippen LogP contribution in [0.1, 0.15) is 81.8 Å². The van der Waals surface area contributed by atoms with Crippen LogP contribution in [0.25, 0.3) is 33.4 Å². The number of fused-ring (bicyclic) bond motifs is 6. The predicted octanol–water partition coefficient (Wildman–Crippen LogP) is 10.7. The molecule has 0 saturated heterocycles. The van der Waals surface area contributed by atoms with E-state index in [9.17, 15) is 19.2 Å². The summed E-state index contributed by atoms with van der Waals surface area (Å²) in [6, 6.07) is 22.0. The average Bonchev–Trinajstić information content (AvgIpc) is 3.97. The number of anilines is 4. The van der Waals surface area contributed by atoms with Crippen LogP contribution >= 0.6 is 0 Å². The number of benzene rings is 4. The van der Waals surface area contributed by atoms with Crippen molar-refractivity contribution in [2.45, 2.75) is 68.2 Å². The molecular weight excluding hydrogens is 1110 g/mol. The van der Waals surface area contributed by atoms with E-state index in [1.165, 1.54) is 61.1 Å². The molecule has 8 rings (SSSR count). The molecule has 8 nitrogen and oxygen atoms in total. The molecule has 0 aromatic heterocycles. The molecule has 59 heavy (non-hydrogen) atoms. The first-order chi connectivity index (χ1) is 28.1. The predicted molar refractivity (Wildman–Crippen MR) is 243 cm³/mol. The molecule has 4 aromatic carbocycles. The van der Waals surface area contributed by atoms with Gasteiger partial charge >= 0.3 is 361 Å². The summed E-state index contributed by atoms with van der Waals surface area (Å²) >= 11 is -7.90. The molecule has 4 aliphatic carbocycles. The van der Waals surface area contributed by atoms with Crippen LogP contribution in [0.3, 0.4) is 0 Å². The third kappa shape index (κ3) is 7.73. The van der Waals surface area contributed by atoms with E-state index in [0.29, 0.717) is 22.7 Å². The Hall–Kier alpha value is -3.81. The van der Waals surface area contributed by atoms with Gasteiger partial charge in [-0.1, -0.05) is 0 Å². The second kappa shape index (κ2) is 16.2. The molecule has 0 heterocycles. The molecule has 4 aliphatic rings. The van der Waals surface area contributed by atoms with Gasteiger partial charge in [0.05, 0.1) is 0 Å². The van der Waals surface area contributed by atoms with E-state index in [1.54, 1.807) is 0 Å². The number of carbonyl (C=O) groups excluding carboxylic acids is 4. The molecule has 2 atom stereocenters. The van der Waals surface area contributed by atoms with E-state index in [4.69, 9.17) is 0 Å². The van der Waals surface area contributed by atoms with Crippen molar-refractivity contribution in [3.05, 3.63) is 131 Å². The summed E-state index contributed by atoms with van der Waals surface area (Å²) in [7, 11) is 0. The fourth-order valence-electron chi connectivity index (χ4n) is 10.3. The fourth-order valence-corrected chi connectivity index (χ4v) is 395. The van der Waals surface area contributed by atoms with Crippen molar-refractivity contribution in [1.29, 1.82) is 0 Å². The van der Waals surface area contributed by atoms with Crippen LogP contribution < -0.4 is 21.3 Å². The average molecular weight is 1160 g/mol. The molecule has 0 saturated carbocycles. The molecule has 4 N–H and O–H groups in total. The zero-order valence-corrected chi connectivity index (χ0v) is 44.2. The summed E-state index contributed by atoms with van der Waals surface area (Å²) < 4.78 is 0.555. The van der Waals surface area contributed by atoms with Crippen molar-refractivity contribution >= 4 is 85.4 Å². The maximum absolute atomic E-state index is 13.0. The summed E-state index contributed by atoms with van der Waals surface area (Å²) in [6.45, 7) is 6.11. The monoisotopic (exact) mass is 1170 g/mol. The Balaban J connectivity index is 1.34. The van der Waals surface area contributed by atoms with Gasteiger partial charge in [0.25, 0.3) is 0 Å². The van der Waals surface area contributed by atoms with Gasteiger partial charge in [-0.25, -0.2) is 0 Å². The minimum atomic E-state index is -3.21. The first-order valence-corrected chi connectivity index (χ1v) is 62.0. The second-order valence-electron chi connectivity index (χ2n) is 17.3. The molecular formula is C48H50HfN4O4Sn2. The van der Waals surface area contributed by atoms with Gasteiger partial charge in [-0.05, 0) is 0 Å². The SMILES string of the molecule is CC(=O)Nc1cc2c(c(C3=CC=CC3)c1NC(C)=O)[CH]([Sn]([CH3])([CH3])[Hf][Sn]([CH3])([CH3])[CH]1c3ccccc3-c3cc(NC(C)=O)c(NC(C)=O)c(C4=CC=CC4)c31)c1ccccc1-2. The van der Waals surface area contributed by atoms with E-state index in [2.05, 4.69) is 138 Å². The number of amides is 4. The number of allylic oxidation sites excluding steroid dienone is 8. The summed E-state index contributed by atoms with van der Waals surface area (Å²) in [5.41, 5.74) is 17.4. The molecule has 2 unspecified atom stereocenters. The molecule has 0 aliphatic heterocycles. The molecule has 0 bridgehead atoms.